The lowest BCUT2D eigenvalue weighted by atomic mass is 9.59. The second kappa shape index (κ2) is 12.4. The van der Waals surface area contributed by atoms with Crippen molar-refractivity contribution in [2.24, 2.45) is 35.0 Å². The summed E-state index contributed by atoms with van der Waals surface area (Å²) in [6.45, 7) is 12.8. The zero-order valence-corrected chi connectivity index (χ0v) is 27.3. The predicted octanol–water partition coefficient (Wildman–Crippen LogP) is 5.22. The number of aliphatic hydroxyl groups is 3. The van der Waals surface area contributed by atoms with E-state index < -0.39 is 69.7 Å². The van der Waals surface area contributed by atoms with Crippen LogP contribution in [0.4, 0.5) is 0 Å². The Labute approximate surface area is 257 Å². The van der Waals surface area contributed by atoms with Crippen LogP contribution in [0.1, 0.15) is 113 Å². The van der Waals surface area contributed by atoms with Crippen molar-refractivity contribution in [3.8, 4) is 0 Å². The molecule has 4 aliphatic carbocycles. The van der Waals surface area contributed by atoms with Gasteiger partial charge in [0.05, 0.1) is 18.1 Å². The van der Waals surface area contributed by atoms with Gasteiger partial charge in [-0.05, 0) is 30.9 Å². The average Bonchev–Trinajstić information content (AvgIpc) is 3.39. The minimum absolute atomic E-state index is 0.109. The van der Waals surface area contributed by atoms with Crippen LogP contribution in [0.3, 0.4) is 0 Å². The molecule has 2 saturated carbocycles. The van der Waals surface area contributed by atoms with Gasteiger partial charge >= 0.3 is 11.9 Å². The number of carbonyl (C=O) groups excluding carboxylic acids is 3. The summed E-state index contributed by atoms with van der Waals surface area (Å²) in [4.78, 5) is 40.1. The molecule has 8 nitrogen and oxygen atoms in total. The van der Waals surface area contributed by atoms with E-state index in [1.165, 1.54) is 19.3 Å². The van der Waals surface area contributed by atoms with E-state index in [4.69, 9.17) is 9.47 Å². The molecule has 2 fully saturated rings. The number of hydrogen-bond donors (Lipinski definition) is 3. The van der Waals surface area contributed by atoms with E-state index in [1.807, 2.05) is 20.8 Å². The predicted molar refractivity (Wildman–Crippen MR) is 163 cm³/mol. The largest absolute Gasteiger partial charge is 0.457 e. The molecule has 0 heterocycles. The van der Waals surface area contributed by atoms with Crippen molar-refractivity contribution < 1.29 is 39.2 Å². The number of esters is 2. The van der Waals surface area contributed by atoms with Crippen molar-refractivity contribution in [1.29, 1.82) is 0 Å². The van der Waals surface area contributed by atoms with Crippen molar-refractivity contribution in [1.82, 2.24) is 0 Å². The number of ether oxygens (including phenoxy) is 2. The molecule has 9 unspecified atom stereocenters. The SMILES string of the molecule is CCCCCCCCCC(=O)OC12C(OC(=O)C(C)CC)C(C)C3(O)C(C=C(CO)CC4(O)C(=O)C(C)=CC43)C1C2(C)C. The molecule has 242 valence electrons. The van der Waals surface area contributed by atoms with E-state index in [0.717, 1.165) is 19.3 Å². The van der Waals surface area contributed by atoms with Crippen LogP contribution >= 0.6 is 0 Å². The van der Waals surface area contributed by atoms with E-state index in [0.29, 0.717) is 24.0 Å². The van der Waals surface area contributed by atoms with E-state index in [1.54, 1.807) is 32.9 Å². The maximum Gasteiger partial charge on any atom is 0.309 e. The molecule has 0 radical (unpaired) electrons. The molecular formula is C35H54O8. The van der Waals surface area contributed by atoms with Gasteiger partial charge in [-0.1, -0.05) is 92.2 Å². The van der Waals surface area contributed by atoms with Crippen LogP contribution in [0.5, 0.6) is 0 Å². The Hall–Kier alpha value is -2.03. The minimum atomic E-state index is -1.94. The van der Waals surface area contributed by atoms with Gasteiger partial charge in [-0.2, -0.15) is 0 Å². The molecule has 3 N–H and O–H groups in total. The third kappa shape index (κ3) is 5.33. The highest BCUT2D eigenvalue weighted by molar-refractivity contribution is 6.04. The highest BCUT2D eigenvalue weighted by Crippen LogP contribution is 2.77. The van der Waals surface area contributed by atoms with Crippen LogP contribution in [0, 0.1) is 35.0 Å². The Morgan fingerprint density at radius 3 is 2.28 bits per heavy atom. The van der Waals surface area contributed by atoms with Crippen molar-refractivity contribution in [2.45, 2.75) is 136 Å². The maximum atomic E-state index is 13.5. The monoisotopic (exact) mass is 602 g/mol. The van der Waals surface area contributed by atoms with Crippen LogP contribution in [0.15, 0.2) is 23.3 Å². The van der Waals surface area contributed by atoms with Crippen molar-refractivity contribution >= 4 is 17.7 Å². The number of ketones is 1. The Balaban J connectivity index is 1.72. The summed E-state index contributed by atoms with van der Waals surface area (Å²) < 4.78 is 12.7. The fraction of sp³-hybridized carbons (Fsp3) is 0.800. The summed E-state index contributed by atoms with van der Waals surface area (Å²) in [5.74, 6) is -4.60. The quantitative estimate of drug-likeness (QED) is 0.149. The molecule has 0 saturated heterocycles. The number of aliphatic hydroxyl groups excluding tert-OH is 1. The normalized spacial score (nSPS) is 38.1. The lowest BCUT2D eigenvalue weighted by Gasteiger charge is -2.53. The van der Waals surface area contributed by atoms with E-state index in [9.17, 15) is 29.7 Å². The van der Waals surface area contributed by atoms with E-state index in [2.05, 4.69) is 6.92 Å². The molecule has 0 aromatic carbocycles. The molecule has 9 atom stereocenters. The summed E-state index contributed by atoms with van der Waals surface area (Å²) in [5, 5.41) is 35.0. The Morgan fingerprint density at radius 1 is 1.05 bits per heavy atom. The summed E-state index contributed by atoms with van der Waals surface area (Å²) in [5.41, 5.74) is -4.75. The zero-order chi connectivity index (χ0) is 32.0. The average molecular weight is 603 g/mol. The molecule has 43 heavy (non-hydrogen) atoms. The van der Waals surface area contributed by atoms with Crippen LogP contribution in [-0.2, 0) is 23.9 Å². The van der Waals surface area contributed by atoms with Gasteiger partial charge in [0.25, 0.3) is 0 Å². The highest BCUT2D eigenvalue weighted by atomic mass is 16.6. The smallest absolute Gasteiger partial charge is 0.309 e. The molecule has 0 spiro atoms. The third-order valence-corrected chi connectivity index (χ3v) is 11.5. The van der Waals surface area contributed by atoms with Crippen LogP contribution in [0.2, 0.25) is 0 Å². The van der Waals surface area contributed by atoms with Gasteiger partial charge in [-0.3, -0.25) is 14.4 Å². The lowest BCUT2D eigenvalue weighted by Crippen LogP contribution is -2.66. The second-order valence-corrected chi connectivity index (χ2v) is 14.4. The van der Waals surface area contributed by atoms with E-state index >= 15 is 0 Å². The molecule has 0 aromatic rings. The third-order valence-electron chi connectivity index (χ3n) is 11.5. The molecule has 0 bridgehead atoms. The first-order valence-corrected chi connectivity index (χ1v) is 16.6. The number of rotatable bonds is 13. The summed E-state index contributed by atoms with van der Waals surface area (Å²) >= 11 is 0. The maximum absolute atomic E-state index is 13.5. The van der Waals surface area contributed by atoms with E-state index in [-0.39, 0.29) is 25.4 Å². The Morgan fingerprint density at radius 2 is 1.67 bits per heavy atom. The topological polar surface area (TPSA) is 130 Å². The Kier molecular flexibility index (Phi) is 9.76. The Bertz CT molecular complexity index is 1150. The summed E-state index contributed by atoms with van der Waals surface area (Å²) in [6.07, 6.45) is 10.6. The molecular weight excluding hydrogens is 548 g/mol. The van der Waals surface area contributed by atoms with Gasteiger partial charge < -0.3 is 24.8 Å². The lowest BCUT2D eigenvalue weighted by molar-refractivity contribution is -0.230. The first-order chi connectivity index (χ1) is 20.2. The number of unbranched alkanes of at least 4 members (excludes halogenated alkanes) is 6. The van der Waals surface area contributed by atoms with Gasteiger partial charge in [0.1, 0.15) is 11.7 Å². The molecule has 0 aromatic heterocycles. The van der Waals surface area contributed by atoms with Gasteiger partial charge in [0.2, 0.25) is 0 Å². The van der Waals surface area contributed by atoms with Gasteiger partial charge in [-0.25, -0.2) is 0 Å². The number of hydrogen-bond acceptors (Lipinski definition) is 8. The van der Waals surface area contributed by atoms with Gasteiger partial charge in [-0.15, -0.1) is 0 Å². The number of carbonyl (C=O) groups is 3. The molecule has 8 heteroatoms. The van der Waals surface area contributed by atoms with Crippen molar-refractivity contribution in [3.05, 3.63) is 23.3 Å². The minimum Gasteiger partial charge on any atom is -0.457 e. The van der Waals surface area contributed by atoms with Crippen LogP contribution in [0.25, 0.3) is 0 Å². The first-order valence-electron chi connectivity index (χ1n) is 16.6. The van der Waals surface area contributed by atoms with Crippen LogP contribution in [-0.4, -0.2) is 62.6 Å². The fourth-order valence-corrected chi connectivity index (χ4v) is 8.70. The molecule has 4 rings (SSSR count). The number of fused-ring (bicyclic) bond motifs is 5. The second-order valence-electron chi connectivity index (χ2n) is 14.4. The number of Topliss-reactive ketones (excluding diaryl/α,β-unsaturated/α-hetero) is 1. The summed E-state index contributed by atoms with van der Waals surface area (Å²) in [7, 11) is 0. The van der Waals surface area contributed by atoms with Crippen molar-refractivity contribution in [2.75, 3.05) is 6.61 Å². The highest BCUT2D eigenvalue weighted by Gasteiger charge is 2.88. The molecule has 0 aliphatic heterocycles. The molecule has 0 amide bonds. The fourth-order valence-electron chi connectivity index (χ4n) is 8.70. The van der Waals surface area contributed by atoms with Crippen LogP contribution < -0.4 is 0 Å². The summed E-state index contributed by atoms with van der Waals surface area (Å²) in [6, 6.07) is 0. The molecule has 4 aliphatic rings. The van der Waals surface area contributed by atoms with Gasteiger partial charge in [0, 0.05) is 41.9 Å². The van der Waals surface area contributed by atoms with Gasteiger partial charge in [0.15, 0.2) is 11.4 Å². The standard InChI is InChI=1S/C35H54O8/c1-8-10-11-12-13-14-15-16-27(37)43-35-28(32(35,6)7)25-18-24(20-36)19-33(40)26(17-22(4)29(33)38)34(25,41)23(5)30(35)42-31(39)21(3)9-2/h17-18,21,23,25-26,28,30,36,40-41H,8-16,19-20H2,1-7H3. The first kappa shape index (κ1) is 33.9. The zero-order valence-electron chi connectivity index (χ0n) is 27.3. The van der Waals surface area contributed by atoms with Crippen molar-refractivity contribution in [3.63, 3.8) is 0 Å².